The minimum absolute atomic E-state index is 0.00410. The minimum Gasteiger partial charge on any atom is -0.448 e. The van der Waals surface area contributed by atoms with Crippen molar-refractivity contribution in [1.29, 1.82) is 0 Å². The topological polar surface area (TPSA) is 86.1 Å². The average Bonchev–Trinajstić information content (AvgIpc) is 2.96. The average molecular weight is 326 g/mol. The van der Waals surface area contributed by atoms with Crippen molar-refractivity contribution in [2.45, 2.75) is 44.9 Å². The van der Waals surface area contributed by atoms with E-state index in [1.807, 2.05) is 23.6 Å². The zero-order chi connectivity index (χ0) is 16.7. The molecule has 2 atom stereocenters. The Morgan fingerprint density at radius 2 is 2.17 bits per heavy atom. The predicted molar refractivity (Wildman–Crippen MR) is 84.4 cm³/mol. The van der Waals surface area contributed by atoms with Crippen LogP contribution in [-0.2, 0) is 28.9 Å². The van der Waals surface area contributed by atoms with Gasteiger partial charge in [-0.05, 0) is 25.0 Å². The van der Waals surface area contributed by atoms with Gasteiger partial charge < -0.3 is 14.6 Å². The lowest BCUT2D eigenvalue weighted by atomic mass is 9.98. The molecule has 0 saturated heterocycles. The van der Waals surface area contributed by atoms with Crippen LogP contribution < -0.4 is 5.32 Å². The molecule has 1 aromatic carbocycles. The Morgan fingerprint density at radius 1 is 1.33 bits per heavy atom. The number of rotatable bonds is 2. The normalized spacial score (nSPS) is 22.3. The van der Waals surface area contributed by atoms with Crippen LogP contribution in [0.5, 0.6) is 0 Å². The number of nitrogens with one attached hydrogen (secondary N) is 1. The number of fused-ring (bicyclic) bond motifs is 2. The number of amides is 1. The first-order valence-electron chi connectivity index (χ1n) is 8.10. The Morgan fingerprint density at radius 3 is 3.04 bits per heavy atom. The number of esters is 1. The molecule has 0 radical (unpaired) electrons. The predicted octanol–water partition coefficient (Wildman–Crippen LogP) is 0.799. The maximum Gasteiger partial charge on any atom is 0.339 e. The fourth-order valence-electron chi connectivity index (χ4n) is 3.35. The zero-order valence-electron chi connectivity index (χ0n) is 13.4. The Balaban J connectivity index is 1.44. The van der Waals surface area contributed by atoms with Gasteiger partial charge in [-0.25, -0.2) is 4.79 Å². The molecular formula is C17H18N4O3. The quantitative estimate of drug-likeness (QED) is 0.825. The van der Waals surface area contributed by atoms with E-state index in [1.54, 1.807) is 12.1 Å². The highest BCUT2D eigenvalue weighted by Gasteiger charge is 2.33. The summed E-state index contributed by atoms with van der Waals surface area (Å²) >= 11 is 0. The lowest BCUT2D eigenvalue weighted by Gasteiger charge is -2.28. The second kappa shape index (κ2) is 5.74. The Hall–Kier alpha value is -2.70. The van der Waals surface area contributed by atoms with E-state index in [1.165, 1.54) is 0 Å². The number of cyclic esters (lactones) is 1. The van der Waals surface area contributed by atoms with E-state index in [4.69, 9.17) is 4.74 Å². The van der Waals surface area contributed by atoms with Gasteiger partial charge in [0.25, 0.3) is 5.91 Å². The molecule has 2 aliphatic rings. The number of hydrogen-bond donors (Lipinski definition) is 1. The summed E-state index contributed by atoms with van der Waals surface area (Å²) in [6, 6.07) is 7.24. The molecule has 4 rings (SSSR count). The molecule has 1 amide bonds. The van der Waals surface area contributed by atoms with Gasteiger partial charge in [-0.2, -0.15) is 0 Å². The molecule has 0 saturated carbocycles. The first-order chi connectivity index (χ1) is 11.6. The van der Waals surface area contributed by atoms with Crippen LogP contribution in [-0.4, -0.2) is 38.8 Å². The molecule has 0 fully saturated rings. The summed E-state index contributed by atoms with van der Waals surface area (Å²) in [5.41, 5.74) is 1.40. The van der Waals surface area contributed by atoms with Crippen LogP contribution in [0.4, 0.5) is 0 Å². The Kier molecular flexibility index (Phi) is 3.55. The molecule has 1 N–H and O–H groups in total. The maximum absolute atomic E-state index is 12.5. The highest BCUT2D eigenvalue weighted by Crippen LogP contribution is 2.21. The third-order valence-electron chi connectivity index (χ3n) is 4.66. The summed E-state index contributed by atoms with van der Waals surface area (Å²) in [4.78, 5) is 24.6. The van der Waals surface area contributed by atoms with Crippen LogP contribution in [0.2, 0.25) is 0 Å². The van der Waals surface area contributed by atoms with Crippen LogP contribution >= 0.6 is 0 Å². The van der Waals surface area contributed by atoms with Crippen molar-refractivity contribution in [2.24, 2.45) is 0 Å². The molecule has 2 aliphatic heterocycles. The summed E-state index contributed by atoms with van der Waals surface area (Å²) in [6.45, 7) is 2.55. The lowest BCUT2D eigenvalue weighted by Crippen LogP contribution is -2.48. The zero-order valence-corrected chi connectivity index (χ0v) is 13.4. The van der Waals surface area contributed by atoms with E-state index in [2.05, 4.69) is 15.5 Å². The van der Waals surface area contributed by atoms with Gasteiger partial charge in [0.05, 0.1) is 5.56 Å². The number of carbonyl (C=O) groups is 2. The van der Waals surface area contributed by atoms with Crippen LogP contribution in [0.1, 0.15) is 34.0 Å². The van der Waals surface area contributed by atoms with Gasteiger partial charge in [-0.1, -0.05) is 18.2 Å². The summed E-state index contributed by atoms with van der Waals surface area (Å²) in [5.74, 6) is 1.13. The van der Waals surface area contributed by atoms with Crippen LogP contribution in [0.15, 0.2) is 24.3 Å². The number of aromatic nitrogens is 3. The third kappa shape index (κ3) is 2.55. The van der Waals surface area contributed by atoms with Crippen LogP contribution in [0, 0.1) is 6.92 Å². The maximum atomic E-state index is 12.5. The Bertz CT molecular complexity index is 814. The van der Waals surface area contributed by atoms with Gasteiger partial charge in [-0.15, -0.1) is 10.2 Å². The van der Waals surface area contributed by atoms with E-state index in [-0.39, 0.29) is 11.9 Å². The van der Waals surface area contributed by atoms with Crippen molar-refractivity contribution in [1.82, 2.24) is 20.1 Å². The molecule has 2 aromatic rings. The Labute approximate surface area is 139 Å². The smallest absolute Gasteiger partial charge is 0.339 e. The SMILES string of the molecule is Cc1nnc2n1C[C@H](NC(=O)[C@H]1Cc3ccccc3C(=O)O1)CC2. The van der Waals surface area contributed by atoms with Gasteiger partial charge in [-0.3, -0.25) is 4.79 Å². The molecule has 0 bridgehead atoms. The van der Waals surface area contributed by atoms with Crippen molar-refractivity contribution < 1.29 is 14.3 Å². The monoisotopic (exact) mass is 326 g/mol. The number of carbonyl (C=O) groups excluding carboxylic acids is 2. The highest BCUT2D eigenvalue weighted by molar-refractivity contribution is 5.95. The first-order valence-corrected chi connectivity index (χ1v) is 8.10. The number of hydrogen-bond acceptors (Lipinski definition) is 5. The van der Waals surface area contributed by atoms with E-state index < -0.39 is 12.1 Å². The molecule has 0 aliphatic carbocycles. The van der Waals surface area contributed by atoms with Crippen molar-refractivity contribution in [2.75, 3.05) is 0 Å². The van der Waals surface area contributed by atoms with E-state index >= 15 is 0 Å². The van der Waals surface area contributed by atoms with Crippen molar-refractivity contribution >= 4 is 11.9 Å². The van der Waals surface area contributed by atoms with E-state index in [9.17, 15) is 9.59 Å². The van der Waals surface area contributed by atoms with Gasteiger partial charge >= 0.3 is 5.97 Å². The largest absolute Gasteiger partial charge is 0.448 e. The molecule has 0 spiro atoms. The van der Waals surface area contributed by atoms with Gasteiger partial charge in [0.2, 0.25) is 0 Å². The fraction of sp³-hybridized carbons (Fsp3) is 0.412. The number of nitrogens with zero attached hydrogens (tertiary/aromatic N) is 3. The summed E-state index contributed by atoms with van der Waals surface area (Å²) < 4.78 is 7.34. The fourth-order valence-corrected chi connectivity index (χ4v) is 3.35. The van der Waals surface area contributed by atoms with Crippen molar-refractivity contribution in [3.63, 3.8) is 0 Å². The second-order valence-electron chi connectivity index (χ2n) is 6.27. The third-order valence-corrected chi connectivity index (χ3v) is 4.66. The standard InChI is InChI=1S/C17H18N4O3/c1-10-19-20-15-7-6-12(9-21(10)15)18-16(22)14-8-11-4-2-3-5-13(11)17(23)24-14/h2-5,12,14H,6-9H2,1H3,(H,18,22)/t12-,14-/m1/s1. The molecule has 124 valence electrons. The molecular weight excluding hydrogens is 308 g/mol. The summed E-state index contributed by atoms with van der Waals surface area (Å²) in [6.07, 6.45) is 1.23. The first kappa shape index (κ1) is 14.9. The number of benzene rings is 1. The molecule has 7 heteroatoms. The number of aryl methyl sites for hydroxylation is 2. The highest BCUT2D eigenvalue weighted by atomic mass is 16.5. The van der Waals surface area contributed by atoms with Crippen LogP contribution in [0.25, 0.3) is 0 Å². The minimum atomic E-state index is -0.768. The van der Waals surface area contributed by atoms with Crippen molar-refractivity contribution in [3.05, 3.63) is 47.0 Å². The molecule has 3 heterocycles. The second-order valence-corrected chi connectivity index (χ2v) is 6.27. The summed E-state index contributed by atoms with van der Waals surface area (Å²) in [7, 11) is 0. The van der Waals surface area contributed by atoms with Crippen molar-refractivity contribution in [3.8, 4) is 0 Å². The molecule has 1 aromatic heterocycles. The van der Waals surface area contributed by atoms with E-state index in [0.29, 0.717) is 18.5 Å². The van der Waals surface area contributed by atoms with Gasteiger partial charge in [0.1, 0.15) is 11.6 Å². The molecule has 0 unspecified atom stereocenters. The lowest BCUT2D eigenvalue weighted by molar-refractivity contribution is -0.131. The molecule has 24 heavy (non-hydrogen) atoms. The number of ether oxygens (including phenoxy) is 1. The summed E-state index contributed by atoms with van der Waals surface area (Å²) in [5, 5.41) is 11.2. The van der Waals surface area contributed by atoms with E-state index in [0.717, 1.165) is 30.1 Å². The molecule has 7 nitrogen and oxygen atoms in total. The van der Waals surface area contributed by atoms with Gasteiger partial charge in [0, 0.05) is 25.4 Å². The van der Waals surface area contributed by atoms with Gasteiger partial charge in [0.15, 0.2) is 6.10 Å². The van der Waals surface area contributed by atoms with Crippen LogP contribution in [0.3, 0.4) is 0 Å².